The minimum atomic E-state index is -2.74. The van der Waals surface area contributed by atoms with Crippen LogP contribution in [0.4, 0.5) is 5.69 Å². The molecule has 0 amide bonds. The van der Waals surface area contributed by atoms with E-state index in [1.54, 1.807) is 0 Å². The molecule has 4 nitrogen and oxygen atoms in total. The van der Waals surface area contributed by atoms with Crippen molar-refractivity contribution in [2.75, 3.05) is 25.6 Å². The van der Waals surface area contributed by atoms with Crippen molar-refractivity contribution < 1.29 is 9.84 Å². The summed E-state index contributed by atoms with van der Waals surface area (Å²) in [5.41, 5.74) is 3.43. The van der Waals surface area contributed by atoms with Gasteiger partial charge in [-0.25, -0.2) is 0 Å². The van der Waals surface area contributed by atoms with Crippen molar-refractivity contribution in [3.8, 4) is 5.88 Å². The molecule has 0 fully saturated rings. The van der Waals surface area contributed by atoms with E-state index in [0.29, 0.717) is 6.61 Å². The molecule has 0 unspecified atom stereocenters. The monoisotopic (exact) mass is 560 g/mol. The van der Waals surface area contributed by atoms with Crippen LogP contribution in [-0.4, -0.2) is 48.7 Å². The SMILES string of the molecule is CCC[CH2][Sn]([CH2]CCC)([CH2]CCC)[c]1cc(/C=C/c2ccc(NC)cc2)cnc1OCCO. The van der Waals surface area contributed by atoms with Gasteiger partial charge in [0, 0.05) is 0 Å². The van der Waals surface area contributed by atoms with Gasteiger partial charge in [-0.05, 0) is 0 Å². The fourth-order valence-corrected chi connectivity index (χ4v) is 20.8. The van der Waals surface area contributed by atoms with Crippen molar-refractivity contribution in [1.29, 1.82) is 0 Å². The van der Waals surface area contributed by atoms with Crippen LogP contribution in [0.3, 0.4) is 0 Å². The number of rotatable bonds is 16. The van der Waals surface area contributed by atoms with Gasteiger partial charge in [-0.1, -0.05) is 0 Å². The standard InChI is InChI=1S/C16H17N2O2.3C4H9.Sn/c1-17-15-7-4-13(5-8-15)2-3-14-6-9-16(18-12-14)20-11-10-19;3*1-3-4-2;/h2-8,12,17,19H,10-11H2,1H3;3*1,3-4H2,2H3;/b3-2+;;;;. The molecule has 0 atom stereocenters. The number of aliphatic hydroxyl groups is 1. The number of hydrogen-bond acceptors (Lipinski definition) is 4. The van der Waals surface area contributed by atoms with Crippen LogP contribution in [0, 0.1) is 0 Å². The molecule has 0 bridgehead atoms. The summed E-state index contributed by atoms with van der Waals surface area (Å²) in [6, 6.07) is 10.8. The molecule has 0 saturated carbocycles. The summed E-state index contributed by atoms with van der Waals surface area (Å²) in [4.78, 5) is 4.80. The van der Waals surface area contributed by atoms with Gasteiger partial charge in [0.15, 0.2) is 0 Å². The number of anilines is 1. The van der Waals surface area contributed by atoms with Gasteiger partial charge in [-0.3, -0.25) is 0 Å². The van der Waals surface area contributed by atoms with E-state index in [4.69, 9.17) is 9.72 Å². The topological polar surface area (TPSA) is 54.4 Å². The summed E-state index contributed by atoms with van der Waals surface area (Å²) >= 11 is -2.74. The van der Waals surface area contributed by atoms with E-state index in [9.17, 15) is 5.11 Å². The van der Waals surface area contributed by atoms with Crippen molar-refractivity contribution >= 4 is 39.8 Å². The zero-order valence-corrected chi connectivity index (χ0v) is 24.1. The summed E-state index contributed by atoms with van der Waals surface area (Å²) in [5, 5.41) is 12.6. The van der Waals surface area contributed by atoms with Gasteiger partial charge in [0.05, 0.1) is 0 Å². The number of hydrogen-bond donors (Lipinski definition) is 2. The zero-order valence-electron chi connectivity index (χ0n) is 21.2. The summed E-state index contributed by atoms with van der Waals surface area (Å²) in [7, 11) is 1.94. The number of nitrogens with zero attached hydrogens (tertiary/aromatic N) is 1. The molecule has 0 radical (unpaired) electrons. The predicted octanol–water partition coefficient (Wildman–Crippen LogP) is 6.72. The quantitative estimate of drug-likeness (QED) is 0.224. The molecule has 0 aliphatic heterocycles. The molecule has 0 spiro atoms. The molecule has 1 heterocycles. The molecule has 2 N–H and O–H groups in total. The van der Waals surface area contributed by atoms with Crippen LogP contribution in [0.5, 0.6) is 5.88 Å². The number of aliphatic hydroxyl groups excluding tert-OH is 1. The average Bonchev–Trinajstić information content (AvgIpc) is 2.86. The fraction of sp³-hybridized carbons (Fsp3) is 0.536. The molecule has 2 rings (SSSR count). The van der Waals surface area contributed by atoms with Crippen molar-refractivity contribution in [3.05, 3.63) is 47.7 Å². The molecular weight excluding hydrogens is 515 g/mol. The maximum absolute atomic E-state index is 9.40. The number of ether oxygens (including phenoxy) is 1. The van der Waals surface area contributed by atoms with E-state index in [2.05, 4.69) is 68.6 Å². The van der Waals surface area contributed by atoms with Crippen LogP contribution in [0.1, 0.15) is 70.4 Å². The first-order chi connectivity index (χ1) is 16.1. The molecular formula is C28H44N2O2Sn. The van der Waals surface area contributed by atoms with Gasteiger partial charge in [-0.15, -0.1) is 0 Å². The Morgan fingerprint density at radius 1 is 0.909 bits per heavy atom. The number of unbranched alkanes of at least 4 members (excludes halogenated alkanes) is 3. The first kappa shape index (κ1) is 27.7. The summed E-state index contributed by atoms with van der Waals surface area (Å²) in [5.74, 6) is 0.790. The second kappa shape index (κ2) is 15.4. The van der Waals surface area contributed by atoms with E-state index in [1.165, 1.54) is 61.0 Å². The number of aromatic nitrogens is 1. The molecule has 1 aromatic carbocycles. The Morgan fingerprint density at radius 2 is 1.48 bits per heavy atom. The molecule has 2 aromatic rings. The Kier molecular flexibility index (Phi) is 12.9. The third-order valence-corrected chi connectivity index (χ3v) is 22.0. The van der Waals surface area contributed by atoms with Gasteiger partial charge in [0.25, 0.3) is 0 Å². The second-order valence-corrected chi connectivity index (χ2v) is 22.1. The second-order valence-electron chi connectivity index (χ2n) is 8.99. The Bertz CT molecular complexity index is 815. The molecule has 0 aliphatic rings. The van der Waals surface area contributed by atoms with Crippen molar-refractivity contribution in [2.45, 2.75) is 72.6 Å². The first-order valence-corrected chi connectivity index (χ1v) is 20.3. The van der Waals surface area contributed by atoms with Gasteiger partial charge < -0.3 is 0 Å². The van der Waals surface area contributed by atoms with Crippen LogP contribution in [0.25, 0.3) is 12.2 Å². The van der Waals surface area contributed by atoms with Crippen LogP contribution in [-0.2, 0) is 0 Å². The third-order valence-electron chi connectivity index (χ3n) is 6.47. The van der Waals surface area contributed by atoms with E-state index in [0.717, 1.165) is 17.1 Å². The van der Waals surface area contributed by atoms with Gasteiger partial charge in [0.1, 0.15) is 0 Å². The van der Waals surface area contributed by atoms with E-state index >= 15 is 0 Å². The Morgan fingerprint density at radius 3 is 2.00 bits per heavy atom. The molecule has 0 saturated heterocycles. The maximum atomic E-state index is 9.40. The Hall–Kier alpha value is -1.53. The summed E-state index contributed by atoms with van der Waals surface area (Å²) in [6.45, 7) is 7.24. The molecule has 0 aliphatic carbocycles. The van der Waals surface area contributed by atoms with Crippen LogP contribution >= 0.6 is 0 Å². The van der Waals surface area contributed by atoms with Crippen molar-refractivity contribution in [2.24, 2.45) is 0 Å². The fourth-order valence-electron chi connectivity index (χ4n) is 4.47. The zero-order chi connectivity index (χ0) is 23.9. The first-order valence-electron chi connectivity index (χ1n) is 12.8. The van der Waals surface area contributed by atoms with Crippen molar-refractivity contribution in [1.82, 2.24) is 4.98 Å². The van der Waals surface area contributed by atoms with E-state index in [1.807, 2.05) is 13.2 Å². The average molecular weight is 559 g/mol. The summed E-state index contributed by atoms with van der Waals surface area (Å²) < 4.78 is 11.6. The third kappa shape index (κ3) is 8.64. The predicted molar refractivity (Wildman–Crippen MR) is 146 cm³/mol. The van der Waals surface area contributed by atoms with Gasteiger partial charge in [0.2, 0.25) is 0 Å². The Labute approximate surface area is 205 Å². The number of nitrogens with one attached hydrogen (secondary N) is 1. The minimum absolute atomic E-state index is 0.0206. The van der Waals surface area contributed by atoms with Crippen molar-refractivity contribution in [3.63, 3.8) is 0 Å². The van der Waals surface area contributed by atoms with Crippen LogP contribution in [0.2, 0.25) is 13.3 Å². The van der Waals surface area contributed by atoms with Crippen LogP contribution in [0.15, 0.2) is 36.5 Å². The van der Waals surface area contributed by atoms with E-state index < -0.39 is 18.4 Å². The van der Waals surface area contributed by atoms with Gasteiger partial charge in [-0.2, -0.15) is 0 Å². The molecule has 5 heteroatoms. The van der Waals surface area contributed by atoms with Crippen LogP contribution < -0.4 is 13.6 Å². The Balaban J connectivity index is 2.48. The molecule has 1 aromatic heterocycles. The molecule has 182 valence electrons. The molecule has 33 heavy (non-hydrogen) atoms. The number of benzene rings is 1. The van der Waals surface area contributed by atoms with E-state index in [-0.39, 0.29) is 6.61 Å². The summed E-state index contributed by atoms with van der Waals surface area (Å²) in [6.07, 6.45) is 13.8. The normalized spacial score (nSPS) is 11.8. The van der Waals surface area contributed by atoms with Gasteiger partial charge >= 0.3 is 206 Å². The number of pyridine rings is 1.